The lowest BCUT2D eigenvalue weighted by Crippen LogP contribution is -2.37. The van der Waals surface area contributed by atoms with E-state index < -0.39 is 23.3 Å². The minimum Gasteiger partial charge on any atom is -0.465 e. The maximum atomic E-state index is 11.7. The van der Waals surface area contributed by atoms with Crippen LogP contribution in [-0.4, -0.2) is 29.9 Å². The maximum absolute atomic E-state index is 11.7. The number of ether oxygens (including phenoxy) is 1. The van der Waals surface area contributed by atoms with Crippen molar-refractivity contribution < 1.29 is 27.5 Å². The topological polar surface area (TPSA) is 43.4 Å². The maximum Gasteiger partial charge on any atom is 0.452 e. The van der Waals surface area contributed by atoms with Crippen molar-refractivity contribution in [2.24, 2.45) is 0 Å². The molecule has 13 heavy (non-hydrogen) atoms. The molecule has 7 heteroatoms. The molecule has 3 nitrogen and oxygen atoms in total. The zero-order chi connectivity index (χ0) is 10.6. The first-order valence-electron chi connectivity index (χ1n) is 3.22. The highest BCUT2D eigenvalue weighted by Gasteiger charge is 2.46. The lowest BCUT2D eigenvalue weighted by molar-refractivity contribution is -0.174. The molecule has 0 fully saturated rings. The first-order valence-corrected chi connectivity index (χ1v) is 3.66. The molecule has 0 bridgehead atoms. The van der Waals surface area contributed by atoms with E-state index in [9.17, 15) is 22.8 Å². The lowest BCUT2D eigenvalue weighted by atomic mass is 10.3. The smallest absolute Gasteiger partial charge is 0.452 e. The summed E-state index contributed by atoms with van der Waals surface area (Å²) in [6.45, 7) is 1.26. The number of hydrogen-bond donors (Lipinski definition) is 0. The van der Waals surface area contributed by atoms with Crippen LogP contribution in [0.15, 0.2) is 0 Å². The molecule has 0 unspecified atom stereocenters. The fraction of sp³-hybridized carbons (Fsp3) is 0.667. The van der Waals surface area contributed by atoms with Crippen molar-refractivity contribution in [1.29, 1.82) is 0 Å². The van der Waals surface area contributed by atoms with Crippen LogP contribution < -0.4 is 0 Å². The van der Waals surface area contributed by atoms with Gasteiger partial charge in [0.05, 0.1) is 6.61 Å². The van der Waals surface area contributed by atoms with E-state index >= 15 is 0 Å². The molecular formula is C6H6ClF3O3. The van der Waals surface area contributed by atoms with Crippen molar-refractivity contribution in [2.45, 2.75) is 18.5 Å². The Balaban J connectivity index is 4.35. The highest BCUT2D eigenvalue weighted by atomic mass is 35.5. The van der Waals surface area contributed by atoms with Gasteiger partial charge in [-0.1, -0.05) is 0 Å². The zero-order valence-corrected chi connectivity index (χ0v) is 7.28. The van der Waals surface area contributed by atoms with Crippen molar-refractivity contribution in [3.05, 3.63) is 0 Å². The van der Waals surface area contributed by atoms with Gasteiger partial charge in [0.25, 0.3) is 5.78 Å². The molecule has 0 aliphatic heterocycles. The van der Waals surface area contributed by atoms with Gasteiger partial charge in [-0.3, -0.25) is 4.79 Å². The average molecular weight is 219 g/mol. The molecule has 0 amide bonds. The first-order chi connectivity index (χ1) is 5.80. The molecule has 0 N–H and O–H groups in total. The summed E-state index contributed by atoms with van der Waals surface area (Å²) in [6, 6.07) is 0. The van der Waals surface area contributed by atoms with Gasteiger partial charge in [-0.2, -0.15) is 13.2 Å². The van der Waals surface area contributed by atoms with Crippen molar-refractivity contribution in [3.63, 3.8) is 0 Å². The molecule has 0 radical (unpaired) electrons. The molecule has 0 spiro atoms. The Morgan fingerprint density at radius 1 is 1.46 bits per heavy atom. The van der Waals surface area contributed by atoms with E-state index in [1.54, 1.807) is 0 Å². The van der Waals surface area contributed by atoms with Crippen molar-refractivity contribution in [1.82, 2.24) is 0 Å². The third-order valence-corrected chi connectivity index (χ3v) is 1.38. The molecule has 0 saturated carbocycles. The zero-order valence-electron chi connectivity index (χ0n) is 6.52. The summed E-state index contributed by atoms with van der Waals surface area (Å²) in [7, 11) is 0. The largest absolute Gasteiger partial charge is 0.465 e. The lowest BCUT2D eigenvalue weighted by Gasteiger charge is -2.09. The fourth-order valence-corrected chi connectivity index (χ4v) is 0.653. The monoisotopic (exact) mass is 218 g/mol. The molecule has 0 aliphatic rings. The molecule has 0 rings (SSSR count). The second-order valence-corrected chi connectivity index (χ2v) is 2.41. The second-order valence-electron chi connectivity index (χ2n) is 1.98. The van der Waals surface area contributed by atoms with Gasteiger partial charge in [0.1, 0.15) is 0 Å². The van der Waals surface area contributed by atoms with Crippen LogP contribution in [0.3, 0.4) is 0 Å². The van der Waals surface area contributed by atoms with E-state index in [4.69, 9.17) is 11.6 Å². The number of Topliss-reactive ketones (excluding diaryl/α,β-unsaturated/α-hetero) is 1. The molecule has 0 saturated heterocycles. The van der Waals surface area contributed by atoms with Crippen LogP contribution in [0, 0.1) is 0 Å². The summed E-state index contributed by atoms with van der Waals surface area (Å²) >= 11 is 4.90. The minimum atomic E-state index is -5.11. The van der Waals surface area contributed by atoms with Crippen LogP contribution >= 0.6 is 11.6 Å². The first kappa shape index (κ1) is 12.2. The molecule has 1 atom stereocenters. The van der Waals surface area contributed by atoms with Crippen molar-refractivity contribution in [2.75, 3.05) is 6.61 Å². The Kier molecular flexibility index (Phi) is 4.19. The third kappa shape index (κ3) is 3.63. The number of esters is 1. The van der Waals surface area contributed by atoms with Gasteiger partial charge in [0.15, 0.2) is 5.38 Å². The number of hydrogen-bond acceptors (Lipinski definition) is 3. The summed E-state index contributed by atoms with van der Waals surface area (Å²) in [5.41, 5.74) is 0. The van der Waals surface area contributed by atoms with Crippen molar-refractivity contribution >= 4 is 23.4 Å². The Labute approximate surface area is 76.8 Å². The number of rotatable bonds is 3. The number of ketones is 1. The van der Waals surface area contributed by atoms with Crippen LogP contribution in [0.4, 0.5) is 13.2 Å². The molecule has 0 aromatic rings. The number of halogens is 4. The van der Waals surface area contributed by atoms with Crippen molar-refractivity contribution in [3.8, 4) is 0 Å². The summed E-state index contributed by atoms with van der Waals surface area (Å²) in [5, 5.41) is -2.31. The number of carbonyl (C=O) groups excluding carboxylic acids is 2. The van der Waals surface area contributed by atoms with E-state index in [2.05, 4.69) is 4.74 Å². The fourth-order valence-electron chi connectivity index (χ4n) is 0.466. The van der Waals surface area contributed by atoms with Gasteiger partial charge in [0.2, 0.25) is 0 Å². The SMILES string of the molecule is CCOC(=O)[C@H](Cl)C(=O)C(F)(F)F. The Bertz CT molecular complexity index is 214. The van der Waals surface area contributed by atoms with E-state index in [-0.39, 0.29) is 6.61 Å². The predicted molar refractivity (Wildman–Crippen MR) is 37.3 cm³/mol. The Morgan fingerprint density at radius 3 is 2.23 bits per heavy atom. The standard InChI is InChI=1S/C6H6ClF3O3/c1-2-13-5(12)3(7)4(11)6(8,9)10/h3H,2H2,1H3/t3-/m1/s1. The van der Waals surface area contributed by atoms with E-state index in [1.165, 1.54) is 6.92 Å². The van der Waals surface area contributed by atoms with Gasteiger partial charge < -0.3 is 4.74 Å². The van der Waals surface area contributed by atoms with Crippen LogP contribution in [0.25, 0.3) is 0 Å². The Morgan fingerprint density at radius 2 is 1.92 bits per heavy atom. The minimum absolute atomic E-state index is 0.132. The quantitative estimate of drug-likeness (QED) is 0.407. The van der Waals surface area contributed by atoms with Crippen LogP contribution in [0.5, 0.6) is 0 Å². The summed E-state index contributed by atoms with van der Waals surface area (Å²) < 4.78 is 39.1. The van der Waals surface area contributed by atoms with Crippen LogP contribution in [-0.2, 0) is 14.3 Å². The van der Waals surface area contributed by atoms with Gasteiger partial charge in [-0.05, 0) is 6.92 Å². The van der Waals surface area contributed by atoms with E-state index in [0.717, 1.165) is 0 Å². The van der Waals surface area contributed by atoms with Gasteiger partial charge in [0, 0.05) is 0 Å². The van der Waals surface area contributed by atoms with Crippen LogP contribution in [0.1, 0.15) is 6.92 Å². The van der Waals surface area contributed by atoms with E-state index in [0.29, 0.717) is 0 Å². The Hall–Kier alpha value is -0.780. The highest BCUT2D eigenvalue weighted by molar-refractivity contribution is 6.41. The van der Waals surface area contributed by atoms with Crippen LogP contribution in [0.2, 0.25) is 0 Å². The normalized spacial score (nSPS) is 13.6. The number of alkyl halides is 4. The summed E-state index contributed by atoms with van der Waals surface area (Å²) in [6.07, 6.45) is -5.11. The third-order valence-electron chi connectivity index (χ3n) is 1.00. The molecule has 0 aromatic carbocycles. The van der Waals surface area contributed by atoms with Gasteiger partial charge in [-0.25, -0.2) is 4.79 Å². The number of carbonyl (C=O) groups is 2. The van der Waals surface area contributed by atoms with E-state index in [1.807, 2.05) is 0 Å². The molecular weight excluding hydrogens is 213 g/mol. The molecule has 0 aliphatic carbocycles. The van der Waals surface area contributed by atoms with Gasteiger partial charge in [-0.15, -0.1) is 11.6 Å². The summed E-state index contributed by atoms with van der Waals surface area (Å²) in [4.78, 5) is 20.9. The molecule has 0 aromatic heterocycles. The predicted octanol–water partition coefficient (Wildman–Crippen LogP) is 1.29. The molecule has 76 valence electrons. The average Bonchev–Trinajstić information content (AvgIpc) is 2.00. The van der Waals surface area contributed by atoms with Gasteiger partial charge >= 0.3 is 12.1 Å². The molecule has 0 heterocycles. The second kappa shape index (κ2) is 4.45. The summed E-state index contributed by atoms with van der Waals surface area (Å²) in [5.74, 6) is -3.70. The highest BCUT2D eigenvalue weighted by Crippen LogP contribution is 2.20.